The third-order valence-electron chi connectivity index (χ3n) is 2.59. The molecule has 0 aliphatic heterocycles. The van der Waals surface area contributed by atoms with E-state index in [2.05, 4.69) is 20.6 Å². The first-order chi connectivity index (χ1) is 9.35. The van der Waals surface area contributed by atoms with Crippen LogP contribution in [0.15, 0.2) is 36.4 Å². The molecular formula is C12H11N5O2. The van der Waals surface area contributed by atoms with Crippen molar-refractivity contribution in [2.75, 3.05) is 7.11 Å². The lowest BCUT2D eigenvalue weighted by Crippen LogP contribution is -2.01. The van der Waals surface area contributed by atoms with Gasteiger partial charge in [0.2, 0.25) is 5.88 Å². The highest BCUT2D eigenvalue weighted by molar-refractivity contribution is 5.34. The number of nitrogens with zero attached hydrogens (tertiary/aromatic N) is 5. The van der Waals surface area contributed by atoms with Gasteiger partial charge >= 0.3 is 0 Å². The Hall–Kier alpha value is -2.70. The molecule has 3 aromatic rings. The summed E-state index contributed by atoms with van der Waals surface area (Å²) in [5, 5.41) is 15.1. The lowest BCUT2D eigenvalue weighted by Gasteiger charge is -2.05. The predicted octanol–water partition coefficient (Wildman–Crippen LogP) is 1.11. The molecule has 0 fully saturated rings. The van der Waals surface area contributed by atoms with Crippen LogP contribution in [0.5, 0.6) is 11.6 Å². The molecule has 0 saturated heterocycles. The third kappa shape index (κ3) is 2.44. The van der Waals surface area contributed by atoms with E-state index < -0.39 is 0 Å². The van der Waals surface area contributed by atoms with Crippen LogP contribution in [0.25, 0.3) is 5.65 Å². The summed E-state index contributed by atoms with van der Waals surface area (Å²) in [6, 6.07) is 11.1. The maximum atomic E-state index is 5.57. The van der Waals surface area contributed by atoms with Crippen LogP contribution < -0.4 is 9.47 Å². The molecule has 96 valence electrons. The van der Waals surface area contributed by atoms with Crippen molar-refractivity contribution in [3.05, 3.63) is 42.0 Å². The van der Waals surface area contributed by atoms with Crippen molar-refractivity contribution in [3.63, 3.8) is 0 Å². The Morgan fingerprint density at radius 2 is 1.95 bits per heavy atom. The van der Waals surface area contributed by atoms with Gasteiger partial charge < -0.3 is 9.47 Å². The number of rotatable bonds is 4. The number of methoxy groups -OCH3 is 1. The van der Waals surface area contributed by atoms with E-state index in [9.17, 15) is 0 Å². The molecule has 0 bridgehead atoms. The van der Waals surface area contributed by atoms with Gasteiger partial charge in [-0.1, -0.05) is 12.1 Å². The second kappa shape index (κ2) is 4.89. The van der Waals surface area contributed by atoms with Gasteiger partial charge in [0.25, 0.3) is 0 Å². The molecule has 0 unspecified atom stereocenters. The Balaban J connectivity index is 1.70. The van der Waals surface area contributed by atoms with Gasteiger partial charge in [0, 0.05) is 6.07 Å². The SMILES string of the molecule is COc1ccc(COc2ccc3nnnn3n2)cc1. The quantitative estimate of drug-likeness (QED) is 0.697. The normalized spacial score (nSPS) is 10.6. The lowest BCUT2D eigenvalue weighted by atomic mass is 10.2. The zero-order valence-electron chi connectivity index (χ0n) is 10.2. The first-order valence-corrected chi connectivity index (χ1v) is 5.66. The van der Waals surface area contributed by atoms with Crippen LogP contribution in [-0.4, -0.2) is 32.4 Å². The van der Waals surface area contributed by atoms with Crippen LogP contribution in [0, 0.1) is 0 Å². The minimum Gasteiger partial charge on any atom is -0.497 e. The van der Waals surface area contributed by atoms with E-state index in [4.69, 9.17) is 9.47 Å². The van der Waals surface area contributed by atoms with Gasteiger partial charge in [-0.2, -0.15) is 0 Å². The van der Waals surface area contributed by atoms with Crippen LogP contribution in [0.2, 0.25) is 0 Å². The highest BCUT2D eigenvalue weighted by atomic mass is 16.5. The average Bonchev–Trinajstić information content (AvgIpc) is 2.93. The molecule has 0 saturated carbocycles. The molecule has 3 rings (SSSR count). The summed E-state index contributed by atoms with van der Waals surface area (Å²) in [7, 11) is 1.64. The molecule has 0 aliphatic rings. The van der Waals surface area contributed by atoms with E-state index >= 15 is 0 Å². The zero-order valence-corrected chi connectivity index (χ0v) is 10.2. The van der Waals surface area contributed by atoms with Crippen LogP contribution in [0.4, 0.5) is 0 Å². The maximum Gasteiger partial charge on any atom is 0.233 e. The number of tetrazole rings is 1. The monoisotopic (exact) mass is 257 g/mol. The summed E-state index contributed by atoms with van der Waals surface area (Å²) in [5.74, 6) is 1.28. The number of hydrogen-bond acceptors (Lipinski definition) is 6. The maximum absolute atomic E-state index is 5.57. The Kier molecular flexibility index (Phi) is 2.93. The Labute approximate surface area is 108 Å². The van der Waals surface area contributed by atoms with Crippen molar-refractivity contribution in [1.82, 2.24) is 25.3 Å². The van der Waals surface area contributed by atoms with Crippen LogP contribution >= 0.6 is 0 Å². The number of ether oxygens (including phenoxy) is 2. The molecule has 0 spiro atoms. The molecule has 7 heteroatoms. The fourth-order valence-electron chi connectivity index (χ4n) is 1.59. The molecule has 0 N–H and O–H groups in total. The molecule has 2 aromatic heterocycles. The largest absolute Gasteiger partial charge is 0.497 e. The fourth-order valence-corrected chi connectivity index (χ4v) is 1.59. The van der Waals surface area contributed by atoms with Crippen molar-refractivity contribution in [3.8, 4) is 11.6 Å². The Morgan fingerprint density at radius 3 is 2.74 bits per heavy atom. The van der Waals surface area contributed by atoms with E-state index in [0.717, 1.165) is 11.3 Å². The molecule has 0 amide bonds. The smallest absolute Gasteiger partial charge is 0.233 e. The van der Waals surface area contributed by atoms with E-state index in [1.807, 2.05) is 24.3 Å². The molecule has 7 nitrogen and oxygen atoms in total. The molecule has 0 atom stereocenters. The second-order valence-electron chi connectivity index (χ2n) is 3.83. The van der Waals surface area contributed by atoms with Crippen LogP contribution in [0.3, 0.4) is 0 Å². The highest BCUT2D eigenvalue weighted by Gasteiger charge is 2.02. The van der Waals surface area contributed by atoms with Gasteiger partial charge in [0.1, 0.15) is 12.4 Å². The van der Waals surface area contributed by atoms with Gasteiger partial charge in [-0.25, -0.2) is 0 Å². The average molecular weight is 257 g/mol. The van der Waals surface area contributed by atoms with Crippen molar-refractivity contribution in [1.29, 1.82) is 0 Å². The summed E-state index contributed by atoms with van der Waals surface area (Å²) >= 11 is 0. The highest BCUT2D eigenvalue weighted by Crippen LogP contribution is 2.13. The van der Waals surface area contributed by atoms with Gasteiger partial charge in [0.05, 0.1) is 7.11 Å². The van der Waals surface area contributed by atoms with Gasteiger partial charge in [-0.05, 0) is 34.2 Å². The van der Waals surface area contributed by atoms with Crippen molar-refractivity contribution < 1.29 is 9.47 Å². The number of hydrogen-bond donors (Lipinski definition) is 0. The molecule has 1 aromatic carbocycles. The first kappa shape index (κ1) is 11.4. The van der Waals surface area contributed by atoms with Crippen molar-refractivity contribution >= 4 is 5.65 Å². The van der Waals surface area contributed by atoms with Crippen LogP contribution in [0.1, 0.15) is 5.56 Å². The minimum absolute atomic E-state index is 0.421. The number of benzene rings is 1. The number of fused-ring (bicyclic) bond motifs is 1. The van der Waals surface area contributed by atoms with Crippen molar-refractivity contribution in [2.45, 2.75) is 6.61 Å². The second-order valence-corrected chi connectivity index (χ2v) is 3.83. The van der Waals surface area contributed by atoms with E-state index in [0.29, 0.717) is 18.1 Å². The van der Waals surface area contributed by atoms with E-state index in [1.165, 1.54) is 4.63 Å². The summed E-state index contributed by atoms with van der Waals surface area (Å²) in [6.07, 6.45) is 0. The van der Waals surface area contributed by atoms with Crippen molar-refractivity contribution in [2.24, 2.45) is 0 Å². The predicted molar refractivity (Wildman–Crippen MR) is 65.9 cm³/mol. The van der Waals surface area contributed by atoms with Crippen LogP contribution in [-0.2, 0) is 6.61 Å². The van der Waals surface area contributed by atoms with Gasteiger partial charge in [-0.3, -0.25) is 0 Å². The summed E-state index contributed by atoms with van der Waals surface area (Å²) < 4.78 is 12.0. The Morgan fingerprint density at radius 1 is 1.11 bits per heavy atom. The fraction of sp³-hybridized carbons (Fsp3) is 0.167. The first-order valence-electron chi connectivity index (χ1n) is 5.66. The molecule has 0 aliphatic carbocycles. The summed E-state index contributed by atoms with van der Waals surface area (Å²) in [5.41, 5.74) is 1.61. The molecule has 19 heavy (non-hydrogen) atoms. The minimum atomic E-state index is 0.421. The summed E-state index contributed by atoms with van der Waals surface area (Å²) in [6.45, 7) is 0.421. The number of aromatic nitrogens is 5. The lowest BCUT2D eigenvalue weighted by molar-refractivity contribution is 0.287. The Bertz CT molecular complexity index is 680. The van der Waals surface area contributed by atoms with Gasteiger partial charge in [0.15, 0.2) is 5.65 Å². The zero-order chi connectivity index (χ0) is 13.1. The molecule has 2 heterocycles. The van der Waals surface area contributed by atoms with Gasteiger partial charge in [-0.15, -0.1) is 14.8 Å². The van der Waals surface area contributed by atoms with E-state index in [-0.39, 0.29) is 0 Å². The molecular weight excluding hydrogens is 246 g/mol. The topological polar surface area (TPSA) is 74.4 Å². The summed E-state index contributed by atoms with van der Waals surface area (Å²) in [4.78, 5) is 0. The third-order valence-corrected chi connectivity index (χ3v) is 2.59. The van der Waals surface area contributed by atoms with E-state index in [1.54, 1.807) is 19.2 Å². The standard InChI is InChI=1S/C12H11N5O2/c1-18-10-4-2-9(3-5-10)8-19-12-7-6-11-13-15-16-17(11)14-12/h2-7H,8H2,1H3. The molecule has 0 radical (unpaired) electrons.